The molecule has 48 heavy (non-hydrogen) atoms. The third kappa shape index (κ3) is 6.91. The third-order valence-corrected chi connectivity index (χ3v) is 8.84. The second-order valence-electron chi connectivity index (χ2n) is 10.2. The van der Waals surface area contributed by atoms with Gasteiger partial charge in [0.2, 0.25) is 0 Å². The number of rotatable bonds is 9. The van der Waals surface area contributed by atoms with Crippen molar-refractivity contribution in [3.8, 4) is 12.1 Å². The third-order valence-electron chi connectivity index (χ3n) is 7.03. The second-order valence-corrected chi connectivity index (χ2v) is 12.6. The van der Waals surface area contributed by atoms with Crippen LogP contribution in [0, 0.1) is 29.6 Å². The molecule has 0 bridgehead atoms. The van der Waals surface area contributed by atoms with E-state index in [9.17, 15) is 23.5 Å². The van der Waals surface area contributed by atoms with Crippen LogP contribution in [0.1, 0.15) is 16.7 Å². The number of hydrogen-bond acceptors (Lipinski definition) is 12. The quantitative estimate of drug-likeness (QED) is 0.100. The molecule has 0 unspecified atom stereocenters. The molecule has 234 valence electrons. The van der Waals surface area contributed by atoms with Gasteiger partial charge in [0.15, 0.2) is 16.6 Å². The van der Waals surface area contributed by atoms with Crippen molar-refractivity contribution in [2.24, 2.45) is 20.5 Å². The van der Waals surface area contributed by atoms with Gasteiger partial charge in [0.25, 0.3) is 10.1 Å². The molecule has 14 heteroatoms. The molecule has 6 rings (SSSR count). The number of nitriles is 2. The van der Waals surface area contributed by atoms with Crippen LogP contribution in [0.3, 0.4) is 0 Å². The van der Waals surface area contributed by atoms with Crippen LogP contribution >= 0.6 is 11.3 Å². The number of aromatic nitrogens is 1. The number of fused-ring (bicyclic) bond motifs is 1. The molecule has 2 aromatic heterocycles. The Bertz CT molecular complexity index is 2410. The normalized spacial score (nSPS) is 11.5. The molecule has 0 aliphatic heterocycles. The van der Waals surface area contributed by atoms with Gasteiger partial charge in [-0.15, -0.1) is 20.5 Å². The molecule has 4 aromatic carbocycles. The zero-order valence-electron chi connectivity index (χ0n) is 25.0. The molecule has 6 aromatic rings. The van der Waals surface area contributed by atoms with Crippen LogP contribution in [-0.4, -0.2) is 18.0 Å². The van der Waals surface area contributed by atoms with Gasteiger partial charge >= 0.3 is 0 Å². The van der Waals surface area contributed by atoms with E-state index in [1.807, 2.05) is 60.7 Å². The number of anilines is 4. The van der Waals surface area contributed by atoms with Crippen LogP contribution in [0.25, 0.3) is 10.8 Å². The number of hydrogen-bond donors (Lipinski definition) is 3. The van der Waals surface area contributed by atoms with Gasteiger partial charge in [-0.2, -0.15) is 18.9 Å². The highest BCUT2D eigenvalue weighted by molar-refractivity contribution is 7.86. The standard InChI is InChI=1S/C34H23N9O3S2/c1-21-28(20-36)32(37-24-10-4-2-5-11-24)39-33(38-25-12-6-3-7-13-25)31(21)42-43-34-23(19-35)18-30(47-34)41-40-26-15-16-27-22(17-26)9-8-14-29(27)48(44,45)46/h2-18H,1H3,(H2,37,38,39)(H,44,45,46). The van der Waals surface area contributed by atoms with E-state index in [1.54, 1.807) is 25.1 Å². The maximum atomic E-state index is 11.7. The Kier molecular flexibility index (Phi) is 8.95. The first-order valence-corrected chi connectivity index (χ1v) is 16.5. The van der Waals surface area contributed by atoms with Crippen molar-refractivity contribution >= 4 is 76.6 Å². The van der Waals surface area contributed by atoms with Crippen molar-refractivity contribution in [3.63, 3.8) is 0 Å². The fourth-order valence-corrected chi connectivity index (χ4v) is 6.22. The summed E-state index contributed by atoms with van der Waals surface area (Å²) in [4.78, 5) is 4.52. The Hall–Kier alpha value is -6.32. The summed E-state index contributed by atoms with van der Waals surface area (Å²) in [6, 6.07) is 33.9. The lowest BCUT2D eigenvalue weighted by Gasteiger charge is -2.15. The first kappa shape index (κ1) is 31.7. The number of nitrogens with one attached hydrogen (secondary N) is 2. The Morgan fingerprint density at radius 1 is 0.771 bits per heavy atom. The molecule has 0 amide bonds. The summed E-state index contributed by atoms with van der Waals surface area (Å²) in [5, 5.41) is 45.3. The van der Waals surface area contributed by atoms with Crippen LogP contribution < -0.4 is 10.6 Å². The van der Waals surface area contributed by atoms with Gasteiger partial charge in [0, 0.05) is 22.3 Å². The van der Waals surface area contributed by atoms with Gasteiger partial charge in [0.05, 0.1) is 16.8 Å². The van der Waals surface area contributed by atoms with Gasteiger partial charge in [-0.05, 0) is 60.8 Å². The van der Waals surface area contributed by atoms with Gasteiger partial charge in [-0.1, -0.05) is 65.9 Å². The highest BCUT2D eigenvalue weighted by atomic mass is 32.2. The largest absolute Gasteiger partial charge is 0.339 e. The Morgan fingerprint density at radius 2 is 1.46 bits per heavy atom. The molecule has 0 saturated carbocycles. The molecule has 0 saturated heterocycles. The van der Waals surface area contributed by atoms with E-state index >= 15 is 0 Å². The molecular formula is C34H23N9O3S2. The molecule has 3 N–H and O–H groups in total. The van der Waals surface area contributed by atoms with Crippen LogP contribution in [0.4, 0.5) is 44.4 Å². The van der Waals surface area contributed by atoms with E-state index in [2.05, 4.69) is 43.2 Å². The minimum Gasteiger partial charge on any atom is -0.339 e. The molecule has 0 atom stereocenters. The maximum Gasteiger partial charge on any atom is 0.295 e. The Labute approximate surface area is 279 Å². The maximum absolute atomic E-state index is 11.7. The fraction of sp³-hybridized carbons (Fsp3) is 0.0294. The number of pyridine rings is 1. The minimum atomic E-state index is -4.40. The van der Waals surface area contributed by atoms with Gasteiger partial charge < -0.3 is 10.6 Å². The van der Waals surface area contributed by atoms with E-state index in [-0.39, 0.29) is 21.0 Å². The lowest BCUT2D eigenvalue weighted by molar-refractivity contribution is 0.484. The summed E-state index contributed by atoms with van der Waals surface area (Å²) < 4.78 is 33.0. The van der Waals surface area contributed by atoms with Crippen molar-refractivity contribution in [2.45, 2.75) is 11.8 Å². The SMILES string of the molecule is Cc1c(C#N)c(Nc2ccccc2)nc(Nc2ccccc2)c1N=Nc1sc(N=Nc2ccc3c(S(=O)(=O)O)cccc3c2)cc1C#N. The van der Waals surface area contributed by atoms with Crippen molar-refractivity contribution < 1.29 is 13.0 Å². The fourth-order valence-electron chi connectivity index (χ4n) is 4.75. The van der Waals surface area contributed by atoms with Crippen molar-refractivity contribution in [1.82, 2.24) is 4.98 Å². The number of thiophene rings is 1. The smallest absolute Gasteiger partial charge is 0.295 e. The van der Waals surface area contributed by atoms with Crippen molar-refractivity contribution in [3.05, 3.63) is 120 Å². The van der Waals surface area contributed by atoms with E-state index in [4.69, 9.17) is 4.98 Å². The summed E-state index contributed by atoms with van der Waals surface area (Å²) in [5.41, 5.74) is 3.27. The van der Waals surface area contributed by atoms with Crippen LogP contribution in [-0.2, 0) is 10.1 Å². The lowest BCUT2D eigenvalue weighted by Crippen LogP contribution is -2.04. The molecule has 0 fully saturated rings. The average molecular weight is 670 g/mol. The van der Waals surface area contributed by atoms with Gasteiger partial charge in [0.1, 0.15) is 27.7 Å². The Balaban J connectivity index is 1.34. The van der Waals surface area contributed by atoms with Crippen LogP contribution in [0.15, 0.2) is 128 Å². The highest BCUT2D eigenvalue weighted by Crippen LogP contribution is 2.41. The monoisotopic (exact) mass is 669 g/mol. The Morgan fingerprint density at radius 3 is 2.10 bits per heavy atom. The minimum absolute atomic E-state index is 0.202. The highest BCUT2D eigenvalue weighted by Gasteiger charge is 2.19. The number of azo groups is 2. The molecule has 0 aliphatic rings. The number of benzene rings is 4. The molecule has 0 radical (unpaired) electrons. The predicted molar refractivity (Wildman–Crippen MR) is 184 cm³/mol. The zero-order chi connectivity index (χ0) is 33.7. The van der Waals surface area contributed by atoms with Gasteiger partial charge in [-0.25, -0.2) is 4.98 Å². The number of nitrogens with zero attached hydrogens (tertiary/aromatic N) is 7. The summed E-state index contributed by atoms with van der Waals surface area (Å²) in [5.74, 6) is 0.696. The topological polar surface area (TPSA) is 188 Å². The summed E-state index contributed by atoms with van der Waals surface area (Å²) >= 11 is 1.09. The predicted octanol–water partition coefficient (Wildman–Crippen LogP) is 9.91. The van der Waals surface area contributed by atoms with Crippen LogP contribution in [0.2, 0.25) is 0 Å². The first-order valence-electron chi connectivity index (χ1n) is 14.2. The van der Waals surface area contributed by atoms with Crippen LogP contribution in [0.5, 0.6) is 0 Å². The first-order chi connectivity index (χ1) is 23.2. The van der Waals surface area contributed by atoms with E-state index in [0.29, 0.717) is 44.3 Å². The number of para-hydroxylation sites is 2. The van der Waals surface area contributed by atoms with E-state index < -0.39 is 10.1 Å². The molecule has 12 nitrogen and oxygen atoms in total. The second kappa shape index (κ2) is 13.6. The summed E-state index contributed by atoms with van der Waals surface area (Å²) in [6.45, 7) is 1.75. The molecule has 0 aliphatic carbocycles. The van der Waals surface area contributed by atoms with E-state index in [0.717, 1.165) is 22.7 Å². The zero-order valence-corrected chi connectivity index (χ0v) is 26.7. The van der Waals surface area contributed by atoms with Crippen molar-refractivity contribution in [2.75, 3.05) is 10.6 Å². The molecule has 2 heterocycles. The average Bonchev–Trinajstić information content (AvgIpc) is 3.49. The molecule has 0 spiro atoms. The lowest BCUT2D eigenvalue weighted by atomic mass is 10.1. The van der Waals surface area contributed by atoms with Gasteiger partial charge in [-0.3, -0.25) is 4.55 Å². The van der Waals surface area contributed by atoms with Crippen molar-refractivity contribution in [1.29, 1.82) is 10.5 Å². The summed E-state index contributed by atoms with van der Waals surface area (Å²) in [7, 11) is -4.40. The van der Waals surface area contributed by atoms with E-state index in [1.165, 1.54) is 24.3 Å². The summed E-state index contributed by atoms with van der Waals surface area (Å²) in [6.07, 6.45) is 0. The molecular weight excluding hydrogens is 647 g/mol.